The van der Waals surface area contributed by atoms with Gasteiger partial charge in [0.15, 0.2) is 0 Å². The molecule has 2 aliphatic rings. The van der Waals surface area contributed by atoms with Gasteiger partial charge in [0.1, 0.15) is 25.7 Å². The van der Waals surface area contributed by atoms with Crippen LogP contribution in [0, 0.1) is 0 Å². The van der Waals surface area contributed by atoms with Gasteiger partial charge in [-0.05, 0) is 0 Å². The van der Waals surface area contributed by atoms with Gasteiger partial charge in [-0.1, -0.05) is 0 Å². The molecule has 0 aromatic heterocycles. The molecule has 0 aliphatic carbocycles. The molecule has 2 aliphatic heterocycles. The maximum atomic E-state index is 9.73. The maximum absolute atomic E-state index is 9.73. The second kappa shape index (κ2) is 2.93. The highest BCUT2D eigenvalue weighted by Gasteiger charge is 2.57. The van der Waals surface area contributed by atoms with Crippen LogP contribution in [0.4, 0.5) is 0 Å². The summed E-state index contributed by atoms with van der Waals surface area (Å²) in [6.45, 7) is 0.0565. The Kier molecular flexibility index (Phi) is 2.12. The van der Waals surface area contributed by atoms with E-state index in [0.29, 0.717) is 6.54 Å². The molecule has 2 heterocycles. The zero-order valence-electron chi connectivity index (χ0n) is 7.38. The average molecular weight is 185 g/mol. The van der Waals surface area contributed by atoms with Gasteiger partial charge in [-0.25, -0.2) is 0 Å². The second-order valence-corrected chi connectivity index (χ2v) is 3.61. The van der Waals surface area contributed by atoms with Crippen LogP contribution in [0.5, 0.6) is 0 Å². The van der Waals surface area contributed by atoms with Gasteiger partial charge in [-0.3, -0.25) is 4.84 Å². The number of nitrogens with zero attached hydrogens (tertiary/aromatic N) is 1. The van der Waals surface area contributed by atoms with Crippen molar-refractivity contribution in [1.82, 2.24) is 5.06 Å². The molecule has 2 saturated heterocycles. The summed E-state index contributed by atoms with van der Waals surface area (Å²) in [5.74, 6) is 0. The summed E-state index contributed by atoms with van der Waals surface area (Å²) >= 11 is 0. The number of ether oxygens (including phenoxy) is 1. The summed E-state index contributed by atoms with van der Waals surface area (Å²) in [5.41, 5.74) is -0.975. The first-order valence-corrected chi connectivity index (χ1v) is 4.19. The predicted molar refractivity (Wildman–Crippen MR) is 44.0 cm³/mol. The second-order valence-electron chi connectivity index (χ2n) is 3.61. The molecule has 2 bridgehead atoms. The average Bonchev–Trinajstić information content (AvgIpc) is 2.26. The monoisotopic (exact) mass is 185 g/mol. The molecule has 72 valence electrons. The number of likely N-dealkylation sites (N-methyl/N-ethyl adjacent to an activating group) is 1. The van der Waals surface area contributed by atoms with E-state index in [0.717, 1.165) is 0 Å². The Morgan fingerprint density at radius 2 is 2.38 bits per heavy atom. The molecule has 0 unspecified atom stereocenters. The van der Waals surface area contributed by atoms with Gasteiger partial charge in [0.2, 0.25) is 0 Å². The Labute approximate surface area is 77.6 Å². The summed E-state index contributed by atoms with van der Waals surface area (Å²) < 4.78 is 5.32. The first kappa shape index (κ1) is 9.42. The summed E-state index contributed by atoms with van der Waals surface area (Å²) in [6.07, 6.45) is -1.44. The van der Waals surface area contributed by atoms with E-state index in [4.69, 9.17) is 22.5 Å². The molecule has 2 radical (unpaired) electrons. The first-order valence-electron chi connectivity index (χ1n) is 4.19. The van der Waals surface area contributed by atoms with Crippen LogP contribution in [0.15, 0.2) is 0 Å². The van der Waals surface area contributed by atoms with Crippen LogP contribution in [-0.4, -0.2) is 67.1 Å². The highest BCUT2D eigenvalue weighted by atomic mass is 16.7. The van der Waals surface area contributed by atoms with E-state index in [1.165, 1.54) is 5.06 Å². The lowest BCUT2D eigenvalue weighted by Crippen LogP contribution is -2.58. The molecular formula is C7H12BNO4. The van der Waals surface area contributed by atoms with E-state index in [9.17, 15) is 5.11 Å². The van der Waals surface area contributed by atoms with Gasteiger partial charge < -0.3 is 14.9 Å². The molecule has 0 aromatic rings. The summed E-state index contributed by atoms with van der Waals surface area (Å²) in [5, 5.41) is 20.4. The zero-order chi connectivity index (χ0) is 9.64. The van der Waals surface area contributed by atoms with E-state index in [2.05, 4.69) is 0 Å². The van der Waals surface area contributed by atoms with Gasteiger partial charge in [0.25, 0.3) is 0 Å². The van der Waals surface area contributed by atoms with Gasteiger partial charge in [0, 0.05) is 13.1 Å². The van der Waals surface area contributed by atoms with Gasteiger partial charge in [0.05, 0.1) is 13.2 Å². The Morgan fingerprint density at radius 1 is 1.69 bits per heavy atom. The summed E-state index contributed by atoms with van der Waals surface area (Å²) in [7, 11) is 7.30. The van der Waals surface area contributed by atoms with Crippen LogP contribution in [0.1, 0.15) is 0 Å². The number of rotatable bonds is 1. The topological polar surface area (TPSA) is 62.2 Å². The normalized spacial score (nSPS) is 51.2. The van der Waals surface area contributed by atoms with Crippen LogP contribution in [0.3, 0.4) is 0 Å². The molecular weight excluding hydrogens is 173 g/mol. The molecule has 5 nitrogen and oxygen atoms in total. The number of hydroxylamine groups is 2. The first-order chi connectivity index (χ1) is 6.09. The lowest BCUT2D eigenvalue weighted by molar-refractivity contribution is -0.255. The van der Waals surface area contributed by atoms with Crippen molar-refractivity contribution in [3.05, 3.63) is 0 Å². The van der Waals surface area contributed by atoms with Crippen molar-refractivity contribution in [2.75, 3.05) is 20.2 Å². The van der Waals surface area contributed by atoms with Gasteiger partial charge in [-0.2, -0.15) is 5.06 Å². The van der Waals surface area contributed by atoms with Crippen LogP contribution >= 0.6 is 0 Å². The molecule has 6 heteroatoms. The van der Waals surface area contributed by atoms with Crippen LogP contribution in [-0.2, 0) is 9.57 Å². The van der Waals surface area contributed by atoms with Crippen molar-refractivity contribution in [2.24, 2.45) is 0 Å². The molecule has 2 rings (SSSR count). The smallest absolute Gasteiger partial charge is 0.134 e. The predicted octanol–water partition coefficient (Wildman–Crippen LogP) is -2.15. The van der Waals surface area contributed by atoms with Crippen molar-refractivity contribution in [3.8, 4) is 0 Å². The quantitative estimate of drug-likeness (QED) is 0.456. The van der Waals surface area contributed by atoms with Gasteiger partial charge >= 0.3 is 0 Å². The fourth-order valence-corrected chi connectivity index (χ4v) is 1.94. The Bertz CT molecular complexity index is 213. The Balaban J connectivity index is 2.26. The van der Waals surface area contributed by atoms with Crippen LogP contribution < -0.4 is 0 Å². The molecule has 0 amide bonds. The molecule has 4 atom stereocenters. The third-order valence-electron chi connectivity index (χ3n) is 2.60. The molecule has 13 heavy (non-hydrogen) atoms. The van der Waals surface area contributed by atoms with Crippen LogP contribution in [0.25, 0.3) is 0 Å². The highest BCUT2D eigenvalue weighted by molar-refractivity contribution is 6.11. The van der Waals surface area contributed by atoms with E-state index in [-0.39, 0.29) is 6.61 Å². The minimum atomic E-state index is -0.975. The van der Waals surface area contributed by atoms with E-state index >= 15 is 0 Å². The molecule has 2 N–H and O–H groups in total. The minimum absolute atomic E-state index is 0.258. The largest absolute Gasteiger partial charge is 0.393 e. The molecule has 0 saturated carbocycles. The third kappa shape index (κ3) is 1.21. The highest BCUT2D eigenvalue weighted by Crippen LogP contribution is 2.36. The van der Waals surface area contributed by atoms with Crippen molar-refractivity contribution < 1.29 is 19.8 Å². The van der Waals surface area contributed by atoms with Crippen molar-refractivity contribution in [3.63, 3.8) is 0 Å². The molecule has 2 fully saturated rings. The zero-order valence-corrected chi connectivity index (χ0v) is 7.38. The van der Waals surface area contributed by atoms with E-state index < -0.39 is 23.8 Å². The van der Waals surface area contributed by atoms with Crippen molar-refractivity contribution >= 4 is 7.85 Å². The Hall–Kier alpha value is -0.135. The summed E-state index contributed by atoms with van der Waals surface area (Å²) in [4.78, 5) is 5.25. The fraction of sp³-hybridized carbons (Fsp3) is 1.00. The van der Waals surface area contributed by atoms with E-state index in [1.807, 2.05) is 0 Å². The number of fused-ring (bicyclic) bond motifs is 2. The molecule has 0 aromatic carbocycles. The lowest BCUT2D eigenvalue weighted by atomic mass is 9.88. The number of hydrogen-bond acceptors (Lipinski definition) is 5. The lowest BCUT2D eigenvalue weighted by Gasteiger charge is -2.38. The number of aliphatic hydroxyl groups excluding tert-OH is 2. The standard InChI is InChI=1S/C7H12BNO4/c1-9-2-7(3-10)5(11)4(13-9)6(8)12-7/h4-6,10-11H,2-3H2,1H3/t4-,5+,6-,7-/m1/s1. The van der Waals surface area contributed by atoms with Crippen LogP contribution in [0.2, 0.25) is 0 Å². The minimum Gasteiger partial charge on any atom is -0.393 e. The van der Waals surface area contributed by atoms with Crippen molar-refractivity contribution in [2.45, 2.75) is 23.8 Å². The molecule has 0 spiro atoms. The maximum Gasteiger partial charge on any atom is 0.134 e. The number of aliphatic hydroxyl groups is 2. The SMILES string of the molecule is [B][C@@H]1O[C@@]2(CO)CN(C)O[C@@H]1[C@@H]2O. The summed E-state index contributed by atoms with van der Waals surface area (Å²) in [6, 6.07) is -0.674. The Morgan fingerprint density at radius 3 is 3.00 bits per heavy atom. The van der Waals surface area contributed by atoms with Crippen molar-refractivity contribution in [1.29, 1.82) is 0 Å². The van der Waals surface area contributed by atoms with Gasteiger partial charge in [-0.15, -0.1) is 0 Å². The number of hydrogen-bond donors (Lipinski definition) is 2. The fourth-order valence-electron chi connectivity index (χ4n) is 1.94. The van der Waals surface area contributed by atoms with E-state index in [1.54, 1.807) is 7.05 Å². The third-order valence-corrected chi connectivity index (χ3v) is 2.60.